The number of hydrogen-bond donors (Lipinski definition) is 3. The minimum absolute atomic E-state index is 0.181. The van der Waals surface area contributed by atoms with Gasteiger partial charge in [-0.25, -0.2) is 13.9 Å². The highest BCUT2D eigenvalue weighted by Gasteiger charge is 2.42. The van der Waals surface area contributed by atoms with E-state index in [1.54, 1.807) is 30.6 Å². The van der Waals surface area contributed by atoms with E-state index in [-0.39, 0.29) is 23.7 Å². The summed E-state index contributed by atoms with van der Waals surface area (Å²) in [7, 11) is -0.221. The molecule has 0 radical (unpaired) electrons. The molecule has 0 fully saturated rings. The van der Waals surface area contributed by atoms with Crippen molar-refractivity contribution in [2.45, 2.75) is 52.0 Å². The van der Waals surface area contributed by atoms with Crippen LogP contribution >= 0.6 is 0 Å². The van der Waals surface area contributed by atoms with Crippen molar-refractivity contribution < 1.29 is 23.2 Å². The number of nitrogens with one attached hydrogen (secondary N) is 2. The van der Waals surface area contributed by atoms with E-state index in [4.69, 9.17) is 5.21 Å². The molecule has 3 rings (SSSR count). The second-order valence-corrected chi connectivity index (χ2v) is 11.2. The predicted octanol–water partition coefficient (Wildman–Crippen LogP) is 1.62. The van der Waals surface area contributed by atoms with Crippen LogP contribution in [0.1, 0.15) is 45.1 Å². The first kappa shape index (κ1) is 28.2. The van der Waals surface area contributed by atoms with Crippen molar-refractivity contribution in [1.29, 1.82) is 0 Å². The summed E-state index contributed by atoms with van der Waals surface area (Å²) in [6.07, 6.45) is 4.29. The molecule has 37 heavy (non-hydrogen) atoms. The van der Waals surface area contributed by atoms with E-state index < -0.39 is 22.0 Å². The van der Waals surface area contributed by atoms with Crippen molar-refractivity contribution in [3.8, 4) is 0 Å². The Labute approximate surface area is 218 Å². The van der Waals surface area contributed by atoms with Gasteiger partial charge in [0.2, 0.25) is 11.8 Å². The number of sulfonamides is 1. The van der Waals surface area contributed by atoms with Gasteiger partial charge < -0.3 is 10.2 Å². The number of benzene rings is 2. The van der Waals surface area contributed by atoms with Gasteiger partial charge in [0.15, 0.2) is 0 Å². The Morgan fingerprint density at radius 3 is 2.51 bits per heavy atom. The maximum absolute atomic E-state index is 14.1. The fourth-order valence-corrected chi connectivity index (χ4v) is 6.36. The molecular weight excluding hydrogens is 492 g/mol. The minimum Gasteiger partial charge on any atom is -0.377 e. The van der Waals surface area contributed by atoms with Gasteiger partial charge in [0.25, 0.3) is 10.0 Å². The fourth-order valence-electron chi connectivity index (χ4n) is 4.67. The Bertz CT molecular complexity index is 1370. The fraction of sp³-hybridized carbons (Fsp3) is 0.407. The molecule has 0 aliphatic carbocycles. The summed E-state index contributed by atoms with van der Waals surface area (Å²) in [6, 6.07) is 11.9. The largest absolute Gasteiger partial charge is 0.377 e. The topological polar surface area (TPSA) is 119 Å². The number of hydrogen-bond acceptors (Lipinski definition) is 6. The van der Waals surface area contributed by atoms with Crippen LogP contribution in [-0.4, -0.2) is 52.1 Å². The van der Waals surface area contributed by atoms with Gasteiger partial charge in [0.05, 0.1) is 10.6 Å². The number of unbranched alkanes of at least 4 members (excludes halogenated alkanes) is 2. The van der Waals surface area contributed by atoms with E-state index in [2.05, 4.69) is 5.32 Å². The molecule has 1 heterocycles. The molecule has 9 nitrogen and oxygen atoms in total. The molecule has 0 saturated heterocycles. The highest BCUT2D eigenvalue weighted by Crippen LogP contribution is 2.36. The number of anilines is 2. The molecule has 2 aromatic carbocycles. The summed E-state index contributed by atoms with van der Waals surface area (Å²) >= 11 is 0. The van der Waals surface area contributed by atoms with Crippen LogP contribution in [0.25, 0.3) is 11.0 Å². The van der Waals surface area contributed by atoms with Crippen LogP contribution in [0, 0.1) is 0 Å². The number of amides is 2. The Morgan fingerprint density at radius 1 is 1.11 bits per heavy atom. The molecule has 200 valence electrons. The molecule has 10 heteroatoms. The molecule has 1 unspecified atom stereocenters. The van der Waals surface area contributed by atoms with Gasteiger partial charge in [0.1, 0.15) is 6.04 Å². The maximum atomic E-state index is 14.1. The predicted molar refractivity (Wildman–Crippen MR) is 146 cm³/mol. The zero-order valence-electron chi connectivity index (χ0n) is 21.8. The van der Waals surface area contributed by atoms with Gasteiger partial charge in [-0.2, -0.15) is 0 Å². The standard InChI is InChI=1S/C27H36N4O5S/c1-5-21-22(13-11-15-24(21)30(3)4)19(2)37(35,36)31-23-14-9-8-12-20(23)18-25(31)27(33)28-17-10-6-7-16-26(32)29-34/h5,8-9,11-15,25,34H,6-7,10,16-18H2,1-4H3,(H,28,33)(H,29,32)/b21-5+,22-19+. The number of hydroxylamine groups is 1. The number of carbonyl (C=O) groups is 2. The number of rotatable bonds is 10. The van der Waals surface area contributed by atoms with Gasteiger partial charge >= 0.3 is 0 Å². The molecule has 0 saturated carbocycles. The summed E-state index contributed by atoms with van der Waals surface area (Å²) < 4.78 is 29.4. The normalized spacial score (nSPS) is 16.3. The summed E-state index contributed by atoms with van der Waals surface area (Å²) in [5.74, 6) is -0.801. The number of carbonyl (C=O) groups excluding carboxylic acids is 2. The van der Waals surface area contributed by atoms with Crippen molar-refractivity contribution in [3.63, 3.8) is 0 Å². The van der Waals surface area contributed by atoms with Gasteiger partial charge in [-0.15, -0.1) is 0 Å². The van der Waals surface area contributed by atoms with E-state index in [0.29, 0.717) is 36.7 Å². The van der Waals surface area contributed by atoms with Crippen molar-refractivity contribution in [2.24, 2.45) is 0 Å². The zero-order valence-corrected chi connectivity index (χ0v) is 22.6. The lowest BCUT2D eigenvalue weighted by Gasteiger charge is -2.27. The van der Waals surface area contributed by atoms with Gasteiger partial charge in [0, 0.05) is 44.4 Å². The van der Waals surface area contributed by atoms with Crippen molar-refractivity contribution in [3.05, 3.63) is 58.5 Å². The Kier molecular flexibility index (Phi) is 9.34. The first-order valence-electron chi connectivity index (χ1n) is 12.4. The lowest BCUT2D eigenvalue weighted by molar-refractivity contribution is -0.129. The second-order valence-electron chi connectivity index (χ2n) is 9.26. The first-order valence-corrected chi connectivity index (χ1v) is 13.8. The summed E-state index contributed by atoms with van der Waals surface area (Å²) in [5, 5.41) is 12.8. The summed E-state index contributed by atoms with van der Waals surface area (Å²) in [5.41, 5.74) is 3.82. The highest BCUT2D eigenvalue weighted by atomic mass is 32.2. The third kappa shape index (κ3) is 6.14. The van der Waals surface area contributed by atoms with Crippen molar-refractivity contribution in [1.82, 2.24) is 10.8 Å². The van der Waals surface area contributed by atoms with Crippen molar-refractivity contribution in [2.75, 3.05) is 29.8 Å². The highest BCUT2D eigenvalue weighted by molar-refractivity contribution is 8.01. The molecule has 1 aliphatic heterocycles. The quantitative estimate of drug-likeness (QED) is 0.245. The Balaban J connectivity index is 1.92. The molecule has 0 bridgehead atoms. The molecule has 2 amide bonds. The van der Waals surface area contributed by atoms with Crippen LogP contribution in [0.3, 0.4) is 0 Å². The smallest absolute Gasteiger partial charge is 0.261 e. The summed E-state index contributed by atoms with van der Waals surface area (Å²) in [6.45, 7) is 3.84. The molecule has 1 atom stereocenters. The van der Waals surface area contributed by atoms with Gasteiger partial charge in [-0.05, 0) is 49.6 Å². The molecule has 2 aromatic rings. The monoisotopic (exact) mass is 528 g/mol. The van der Waals surface area contributed by atoms with Crippen LogP contribution in [0.5, 0.6) is 0 Å². The molecule has 1 aliphatic rings. The van der Waals surface area contributed by atoms with Crippen LogP contribution in [-0.2, 0) is 26.0 Å². The first-order chi connectivity index (χ1) is 17.6. The van der Waals surface area contributed by atoms with E-state index in [1.807, 2.05) is 56.3 Å². The van der Waals surface area contributed by atoms with Gasteiger partial charge in [-0.1, -0.05) is 42.8 Å². The maximum Gasteiger partial charge on any atom is 0.261 e. The number of para-hydroxylation sites is 1. The molecular formula is C27H36N4O5S. The molecule has 3 N–H and O–H groups in total. The molecule has 0 spiro atoms. The van der Waals surface area contributed by atoms with Crippen LogP contribution in [0.4, 0.5) is 11.4 Å². The average molecular weight is 529 g/mol. The zero-order chi connectivity index (χ0) is 27.2. The Hall–Kier alpha value is -3.37. The lowest BCUT2D eigenvalue weighted by Crippen LogP contribution is -2.49. The lowest BCUT2D eigenvalue weighted by atomic mass is 10.1. The third-order valence-electron chi connectivity index (χ3n) is 6.61. The van der Waals surface area contributed by atoms with E-state index >= 15 is 0 Å². The van der Waals surface area contributed by atoms with Crippen LogP contribution in [0.2, 0.25) is 0 Å². The number of nitrogens with zero attached hydrogens (tertiary/aromatic N) is 2. The van der Waals surface area contributed by atoms with E-state index in [9.17, 15) is 18.0 Å². The van der Waals surface area contributed by atoms with Crippen LogP contribution < -0.4 is 30.4 Å². The van der Waals surface area contributed by atoms with E-state index in [0.717, 1.165) is 16.5 Å². The van der Waals surface area contributed by atoms with E-state index in [1.165, 1.54) is 4.31 Å². The Morgan fingerprint density at radius 2 is 1.84 bits per heavy atom. The average Bonchev–Trinajstić information content (AvgIpc) is 3.30. The van der Waals surface area contributed by atoms with Crippen LogP contribution in [0.15, 0.2) is 42.5 Å². The SMILES string of the molecule is C/C=c1/c(N(C)C)ccc/c1=C(/C)S(=O)(=O)N1c2ccccc2CC1C(=O)NCCCCCC(=O)NO. The third-order valence-corrected chi connectivity index (χ3v) is 8.57. The summed E-state index contributed by atoms with van der Waals surface area (Å²) in [4.78, 5) is 26.5. The van der Waals surface area contributed by atoms with Crippen molar-refractivity contribution >= 4 is 44.2 Å². The minimum atomic E-state index is -4.04. The van der Waals surface area contributed by atoms with Gasteiger partial charge in [-0.3, -0.25) is 19.1 Å². The number of fused-ring (bicyclic) bond motifs is 1. The molecule has 0 aromatic heterocycles. The second kappa shape index (κ2) is 12.2.